The molecule has 0 aliphatic carbocycles. The van der Waals surface area contributed by atoms with Crippen LogP contribution in [-0.4, -0.2) is 22.3 Å². The SMILES string of the molecule is Cc1cccc(-n2nc3c(c2NC(=O)COc2ccccc2C)CSC3)c1. The van der Waals surface area contributed by atoms with Crippen LogP contribution in [0.15, 0.2) is 48.5 Å². The number of aryl methyl sites for hydroxylation is 2. The quantitative estimate of drug-likeness (QED) is 0.720. The summed E-state index contributed by atoms with van der Waals surface area (Å²) in [6, 6.07) is 15.8. The van der Waals surface area contributed by atoms with E-state index in [1.54, 1.807) is 0 Å². The smallest absolute Gasteiger partial charge is 0.263 e. The van der Waals surface area contributed by atoms with Gasteiger partial charge in [-0.05, 0) is 43.2 Å². The van der Waals surface area contributed by atoms with Crippen LogP contribution in [0.3, 0.4) is 0 Å². The van der Waals surface area contributed by atoms with E-state index in [0.29, 0.717) is 0 Å². The van der Waals surface area contributed by atoms with Crippen LogP contribution in [0.4, 0.5) is 5.82 Å². The lowest BCUT2D eigenvalue weighted by atomic mass is 10.2. The molecule has 1 N–H and O–H groups in total. The lowest BCUT2D eigenvalue weighted by molar-refractivity contribution is -0.118. The number of hydrogen-bond acceptors (Lipinski definition) is 4. The number of thioether (sulfide) groups is 1. The van der Waals surface area contributed by atoms with Gasteiger partial charge in [-0.3, -0.25) is 4.79 Å². The molecule has 0 saturated carbocycles. The van der Waals surface area contributed by atoms with Crippen LogP contribution >= 0.6 is 11.8 Å². The summed E-state index contributed by atoms with van der Waals surface area (Å²) in [5.41, 5.74) is 5.25. The number of carbonyl (C=O) groups is 1. The Morgan fingerprint density at radius 2 is 2.04 bits per heavy atom. The second-order valence-electron chi connectivity index (χ2n) is 6.62. The van der Waals surface area contributed by atoms with Crippen molar-refractivity contribution < 1.29 is 9.53 Å². The van der Waals surface area contributed by atoms with Crippen molar-refractivity contribution in [3.63, 3.8) is 0 Å². The minimum atomic E-state index is -0.188. The second kappa shape index (κ2) is 7.48. The molecular formula is C21H21N3O2S. The van der Waals surface area contributed by atoms with Gasteiger partial charge in [0, 0.05) is 17.1 Å². The molecule has 27 heavy (non-hydrogen) atoms. The van der Waals surface area contributed by atoms with Crippen molar-refractivity contribution in [2.45, 2.75) is 25.4 Å². The third kappa shape index (κ3) is 3.71. The number of nitrogens with zero attached hydrogens (tertiary/aromatic N) is 2. The number of para-hydroxylation sites is 1. The molecule has 0 bridgehead atoms. The van der Waals surface area contributed by atoms with Crippen LogP contribution in [0.5, 0.6) is 5.75 Å². The van der Waals surface area contributed by atoms with Crippen LogP contribution in [0.25, 0.3) is 5.69 Å². The Bertz CT molecular complexity index is 997. The number of nitrogens with one attached hydrogen (secondary N) is 1. The lowest BCUT2D eigenvalue weighted by Gasteiger charge is -2.13. The van der Waals surface area contributed by atoms with Crippen molar-refractivity contribution in [2.24, 2.45) is 0 Å². The maximum Gasteiger partial charge on any atom is 0.263 e. The van der Waals surface area contributed by atoms with Crippen molar-refractivity contribution in [3.8, 4) is 11.4 Å². The van der Waals surface area contributed by atoms with Crippen LogP contribution in [0.1, 0.15) is 22.4 Å². The molecular weight excluding hydrogens is 358 g/mol. The molecule has 1 aliphatic heterocycles. The molecule has 0 radical (unpaired) electrons. The maximum atomic E-state index is 12.6. The summed E-state index contributed by atoms with van der Waals surface area (Å²) in [5.74, 6) is 3.01. The number of rotatable bonds is 5. The van der Waals surface area contributed by atoms with Gasteiger partial charge in [0.2, 0.25) is 0 Å². The summed E-state index contributed by atoms with van der Waals surface area (Å²) in [4.78, 5) is 12.6. The molecule has 5 nitrogen and oxygen atoms in total. The van der Waals surface area contributed by atoms with Gasteiger partial charge in [0.25, 0.3) is 5.91 Å². The third-order valence-electron chi connectivity index (χ3n) is 4.51. The highest BCUT2D eigenvalue weighted by Crippen LogP contribution is 2.36. The van der Waals surface area contributed by atoms with Gasteiger partial charge in [0.1, 0.15) is 11.6 Å². The Kier molecular flexibility index (Phi) is 4.90. The predicted octanol–water partition coefficient (Wildman–Crippen LogP) is 4.25. The zero-order valence-corrected chi connectivity index (χ0v) is 16.2. The largest absolute Gasteiger partial charge is 0.483 e. The number of carbonyl (C=O) groups excluding carboxylic acids is 1. The van der Waals surface area contributed by atoms with Gasteiger partial charge in [-0.1, -0.05) is 30.3 Å². The molecule has 0 spiro atoms. The zero-order chi connectivity index (χ0) is 18.8. The molecule has 2 aromatic carbocycles. The Morgan fingerprint density at radius 1 is 1.19 bits per heavy atom. The summed E-state index contributed by atoms with van der Waals surface area (Å²) in [5, 5.41) is 7.75. The van der Waals surface area contributed by atoms with E-state index in [2.05, 4.69) is 11.4 Å². The summed E-state index contributed by atoms with van der Waals surface area (Å²) >= 11 is 1.81. The summed E-state index contributed by atoms with van der Waals surface area (Å²) < 4.78 is 7.52. The molecule has 1 aromatic heterocycles. The predicted molar refractivity (Wildman–Crippen MR) is 109 cm³/mol. The topological polar surface area (TPSA) is 56.2 Å². The van der Waals surface area contributed by atoms with Gasteiger partial charge in [-0.15, -0.1) is 0 Å². The van der Waals surface area contributed by atoms with Crippen LogP contribution in [0.2, 0.25) is 0 Å². The molecule has 3 aromatic rings. The van der Waals surface area contributed by atoms with Crippen molar-refractivity contribution >= 4 is 23.5 Å². The Labute approximate surface area is 162 Å². The minimum absolute atomic E-state index is 0.0359. The first-order valence-electron chi connectivity index (χ1n) is 8.85. The van der Waals surface area contributed by atoms with E-state index in [-0.39, 0.29) is 12.5 Å². The van der Waals surface area contributed by atoms with E-state index in [4.69, 9.17) is 9.84 Å². The maximum absolute atomic E-state index is 12.6. The van der Waals surface area contributed by atoms with Crippen molar-refractivity contribution in [1.29, 1.82) is 0 Å². The Hall–Kier alpha value is -2.73. The fourth-order valence-electron chi connectivity index (χ4n) is 3.12. The first-order valence-corrected chi connectivity index (χ1v) is 10.0. The second-order valence-corrected chi connectivity index (χ2v) is 7.61. The molecule has 0 saturated heterocycles. The van der Waals surface area contributed by atoms with Crippen molar-refractivity contribution in [3.05, 3.63) is 70.9 Å². The van der Waals surface area contributed by atoms with Gasteiger partial charge >= 0.3 is 0 Å². The van der Waals surface area contributed by atoms with Crippen molar-refractivity contribution in [1.82, 2.24) is 9.78 Å². The van der Waals surface area contributed by atoms with E-state index in [1.807, 2.05) is 72.8 Å². The molecule has 0 fully saturated rings. The van der Waals surface area contributed by atoms with E-state index >= 15 is 0 Å². The fraction of sp³-hybridized carbons (Fsp3) is 0.238. The van der Waals surface area contributed by atoms with Crippen molar-refractivity contribution in [2.75, 3.05) is 11.9 Å². The lowest BCUT2D eigenvalue weighted by Crippen LogP contribution is -2.22. The zero-order valence-electron chi connectivity index (χ0n) is 15.4. The average molecular weight is 379 g/mol. The summed E-state index contributed by atoms with van der Waals surface area (Å²) in [6.45, 7) is 3.97. The number of aromatic nitrogens is 2. The van der Waals surface area contributed by atoms with Crippen LogP contribution in [0, 0.1) is 13.8 Å². The van der Waals surface area contributed by atoms with Gasteiger partial charge in [-0.2, -0.15) is 16.9 Å². The highest BCUT2D eigenvalue weighted by Gasteiger charge is 2.24. The molecule has 1 aliphatic rings. The first-order chi connectivity index (χ1) is 13.1. The van der Waals surface area contributed by atoms with E-state index in [1.165, 1.54) is 0 Å². The van der Waals surface area contributed by atoms with Crippen LogP contribution in [-0.2, 0) is 16.3 Å². The van der Waals surface area contributed by atoms with Gasteiger partial charge < -0.3 is 10.1 Å². The third-order valence-corrected chi connectivity index (χ3v) is 5.48. The van der Waals surface area contributed by atoms with Gasteiger partial charge in [0.05, 0.1) is 11.4 Å². The van der Waals surface area contributed by atoms with Gasteiger partial charge in [-0.25, -0.2) is 4.68 Å². The number of amides is 1. The molecule has 2 heterocycles. The standard InChI is InChI=1S/C21H21N3O2S/c1-14-6-5-8-16(10-14)24-21(17-12-27-13-18(17)23-24)22-20(25)11-26-19-9-4-3-7-15(19)2/h3-10H,11-13H2,1-2H3,(H,22,25). The molecule has 0 atom stereocenters. The summed E-state index contributed by atoms with van der Waals surface area (Å²) in [6.07, 6.45) is 0. The Balaban J connectivity index is 1.56. The van der Waals surface area contributed by atoms with E-state index in [0.717, 1.165) is 51.1 Å². The molecule has 4 rings (SSSR count). The number of benzene rings is 2. The van der Waals surface area contributed by atoms with E-state index < -0.39 is 0 Å². The highest BCUT2D eigenvalue weighted by atomic mass is 32.2. The molecule has 6 heteroatoms. The number of anilines is 1. The molecule has 0 unspecified atom stereocenters. The number of hydrogen-bond donors (Lipinski definition) is 1. The monoisotopic (exact) mass is 379 g/mol. The number of ether oxygens (including phenoxy) is 1. The first kappa shape index (κ1) is 17.7. The average Bonchev–Trinajstić information content (AvgIpc) is 3.24. The molecule has 1 amide bonds. The van der Waals surface area contributed by atoms with Crippen LogP contribution < -0.4 is 10.1 Å². The van der Waals surface area contributed by atoms with E-state index in [9.17, 15) is 4.79 Å². The minimum Gasteiger partial charge on any atom is -0.483 e. The fourth-order valence-corrected chi connectivity index (χ4v) is 4.15. The van der Waals surface area contributed by atoms with Gasteiger partial charge in [0.15, 0.2) is 6.61 Å². The summed E-state index contributed by atoms with van der Waals surface area (Å²) in [7, 11) is 0. The normalized spacial score (nSPS) is 12.7. The highest BCUT2D eigenvalue weighted by molar-refractivity contribution is 7.98. The molecule has 138 valence electrons. The Morgan fingerprint density at radius 3 is 2.85 bits per heavy atom. The number of fused-ring (bicyclic) bond motifs is 1.